The van der Waals surface area contributed by atoms with Crippen molar-refractivity contribution in [3.63, 3.8) is 0 Å². The Balaban J connectivity index is 1.92. The highest BCUT2D eigenvalue weighted by Gasteiger charge is 2.31. The number of carboxylic acids is 1. The van der Waals surface area contributed by atoms with Gasteiger partial charge in [0.25, 0.3) is 0 Å². The maximum Gasteiger partial charge on any atom is 0.306 e. The van der Waals surface area contributed by atoms with E-state index < -0.39 is 5.97 Å². The van der Waals surface area contributed by atoms with E-state index in [1.165, 1.54) is 0 Å². The van der Waals surface area contributed by atoms with E-state index in [1.807, 2.05) is 36.4 Å². The molecule has 0 saturated carbocycles. The summed E-state index contributed by atoms with van der Waals surface area (Å²) >= 11 is 6.48. The first kappa shape index (κ1) is 17.8. The summed E-state index contributed by atoms with van der Waals surface area (Å²) in [5.74, 6) is -0.136. The maximum absolute atomic E-state index is 11.2. The number of nitrogens with zero attached hydrogens (tertiary/aromatic N) is 1. The van der Waals surface area contributed by atoms with E-state index in [0.29, 0.717) is 12.8 Å². The number of piperidine rings is 1. The highest BCUT2D eigenvalue weighted by molar-refractivity contribution is 6.31. The number of likely N-dealkylation sites (tertiary alicyclic amines) is 1. The lowest BCUT2D eigenvalue weighted by Crippen LogP contribution is -2.39. The van der Waals surface area contributed by atoms with Gasteiger partial charge in [0, 0.05) is 5.02 Å². The molecule has 1 N–H and O–H groups in total. The van der Waals surface area contributed by atoms with Crippen LogP contribution in [0.25, 0.3) is 0 Å². The zero-order valence-corrected chi connectivity index (χ0v) is 14.9. The number of rotatable bonds is 5. The number of ether oxygens (including phenoxy) is 1. The lowest BCUT2D eigenvalue weighted by atomic mass is 9.91. The van der Waals surface area contributed by atoms with Gasteiger partial charge in [0.15, 0.2) is 0 Å². The summed E-state index contributed by atoms with van der Waals surface area (Å²) in [6, 6.07) is 15.9. The SMILES string of the molecule is COc1ccc(C(c2ccccc2Cl)N2CCC(C(=O)O)CC2)cc1. The molecule has 5 heteroatoms. The molecule has 0 spiro atoms. The fourth-order valence-corrected chi connectivity index (χ4v) is 3.71. The van der Waals surface area contributed by atoms with Crippen LogP contribution in [0, 0.1) is 5.92 Å². The first-order valence-electron chi connectivity index (χ1n) is 8.45. The number of carbonyl (C=O) groups is 1. The van der Waals surface area contributed by atoms with Crippen LogP contribution in [-0.4, -0.2) is 36.2 Å². The second-order valence-corrected chi connectivity index (χ2v) is 6.75. The molecule has 0 aromatic heterocycles. The molecule has 0 radical (unpaired) electrons. The van der Waals surface area contributed by atoms with Crippen LogP contribution in [-0.2, 0) is 4.79 Å². The van der Waals surface area contributed by atoms with Gasteiger partial charge in [-0.3, -0.25) is 9.69 Å². The fraction of sp³-hybridized carbons (Fsp3) is 0.350. The smallest absolute Gasteiger partial charge is 0.306 e. The van der Waals surface area contributed by atoms with Gasteiger partial charge in [0.1, 0.15) is 5.75 Å². The van der Waals surface area contributed by atoms with Crippen molar-refractivity contribution in [3.8, 4) is 5.75 Å². The third-order valence-corrected chi connectivity index (χ3v) is 5.22. The molecule has 2 aromatic carbocycles. The average molecular weight is 360 g/mol. The number of methoxy groups -OCH3 is 1. The van der Waals surface area contributed by atoms with E-state index in [0.717, 1.165) is 35.0 Å². The van der Waals surface area contributed by atoms with Gasteiger partial charge in [-0.05, 0) is 55.3 Å². The van der Waals surface area contributed by atoms with Gasteiger partial charge < -0.3 is 9.84 Å². The van der Waals surface area contributed by atoms with Crippen molar-refractivity contribution in [2.75, 3.05) is 20.2 Å². The van der Waals surface area contributed by atoms with Gasteiger partial charge >= 0.3 is 5.97 Å². The van der Waals surface area contributed by atoms with Gasteiger partial charge in [0.05, 0.1) is 19.1 Å². The summed E-state index contributed by atoms with van der Waals surface area (Å²) in [5, 5.41) is 9.97. The standard InChI is InChI=1S/C20H22ClNO3/c1-25-16-8-6-14(7-9-16)19(17-4-2-3-5-18(17)21)22-12-10-15(11-13-22)20(23)24/h2-9,15,19H,10-13H2,1H3,(H,23,24). The highest BCUT2D eigenvalue weighted by Crippen LogP contribution is 2.36. The molecule has 1 aliphatic rings. The number of aliphatic carboxylic acids is 1. The molecule has 0 aliphatic carbocycles. The molecule has 25 heavy (non-hydrogen) atoms. The normalized spacial score (nSPS) is 17.2. The first-order chi connectivity index (χ1) is 12.1. The summed E-state index contributed by atoms with van der Waals surface area (Å²) in [7, 11) is 1.65. The predicted molar refractivity (Wildman–Crippen MR) is 98.2 cm³/mol. The van der Waals surface area contributed by atoms with Crippen molar-refractivity contribution in [2.45, 2.75) is 18.9 Å². The predicted octanol–water partition coefficient (Wildman–Crippen LogP) is 4.23. The molecule has 1 unspecified atom stereocenters. The van der Waals surface area contributed by atoms with Crippen LogP contribution in [0.2, 0.25) is 5.02 Å². The van der Waals surface area contributed by atoms with Crippen molar-refractivity contribution >= 4 is 17.6 Å². The van der Waals surface area contributed by atoms with Crippen LogP contribution >= 0.6 is 11.6 Å². The van der Waals surface area contributed by atoms with Crippen molar-refractivity contribution in [2.24, 2.45) is 5.92 Å². The quantitative estimate of drug-likeness (QED) is 0.867. The Morgan fingerprint density at radius 2 is 1.80 bits per heavy atom. The molecule has 3 rings (SSSR count). The average Bonchev–Trinajstić information content (AvgIpc) is 2.64. The van der Waals surface area contributed by atoms with Crippen LogP contribution in [0.4, 0.5) is 0 Å². The molecule has 2 aromatic rings. The van der Waals surface area contributed by atoms with Crippen LogP contribution in [0.1, 0.15) is 30.0 Å². The van der Waals surface area contributed by atoms with Gasteiger partial charge in [-0.25, -0.2) is 0 Å². The second-order valence-electron chi connectivity index (χ2n) is 6.35. The lowest BCUT2D eigenvalue weighted by molar-refractivity contribution is -0.143. The van der Waals surface area contributed by atoms with E-state index in [4.69, 9.17) is 16.3 Å². The van der Waals surface area contributed by atoms with E-state index in [9.17, 15) is 9.90 Å². The Morgan fingerprint density at radius 3 is 2.36 bits per heavy atom. The molecule has 4 nitrogen and oxygen atoms in total. The minimum atomic E-state index is -0.696. The van der Waals surface area contributed by atoms with E-state index >= 15 is 0 Å². The Morgan fingerprint density at radius 1 is 1.16 bits per heavy atom. The van der Waals surface area contributed by atoms with Crippen molar-refractivity contribution in [3.05, 3.63) is 64.7 Å². The lowest BCUT2D eigenvalue weighted by Gasteiger charge is -2.37. The second kappa shape index (κ2) is 7.89. The van der Waals surface area contributed by atoms with Crippen LogP contribution in [0.5, 0.6) is 5.75 Å². The molecular formula is C20H22ClNO3. The Kier molecular flexibility index (Phi) is 5.61. The molecule has 132 valence electrons. The molecule has 1 aliphatic heterocycles. The summed E-state index contributed by atoms with van der Waals surface area (Å²) in [6.07, 6.45) is 1.32. The number of benzene rings is 2. The van der Waals surface area contributed by atoms with Gasteiger partial charge in [-0.15, -0.1) is 0 Å². The van der Waals surface area contributed by atoms with Gasteiger partial charge in [-0.2, -0.15) is 0 Å². The molecule has 1 heterocycles. The van der Waals surface area contributed by atoms with Crippen molar-refractivity contribution in [1.29, 1.82) is 0 Å². The van der Waals surface area contributed by atoms with Gasteiger partial charge in [-0.1, -0.05) is 41.9 Å². The number of hydrogen-bond acceptors (Lipinski definition) is 3. The molecule has 1 saturated heterocycles. The summed E-state index contributed by atoms with van der Waals surface area (Å²) < 4.78 is 5.26. The largest absolute Gasteiger partial charge is 0.497 e. The van der Waals surface area contributed by atoms with Crippen LogP contribution in [0.15, 0.2) is 48.5 Å². The molecule has 0 bridgehead atoms. The van der Waals surface area contributed by atoms with Crippen LogP contribution in [0.3, 0.4) is 0 Å². The monoisotopic (exact) mass is 359 g/mol. The first-order valence-corrected chi connectivity index (χ1v) is 8.83. The summed E-state index contributed by atoms with van der Waals surface area (Å²) in [5.41, 5.74) is 2.17. The molecule has 0 amide bonds. The van der Waals surface area contributed by atoms with Crippen molar-refractivity contribution < 1.29 is 14.6 Å². The van der Waals surface area contributed by atoms with Gasteiger partial charge in [0.2, 0.25) is 0 Å². The minimum Gasteiger partial charge on any atom is -0.497 e. The molecule has 1 fully saturated rings. The van der Waals surface area contributed by atoms with E-state index in [-0.39, 0.29) is 12.0 Å². The molecular weight excluding hydrogens is 338 g/mol. The van der Waals surface area contributed by atoms with E-state index in [1.54, 1.807) is 7.11 Å². The Labute approximate surface area is 153 Å². The summed E-state index contributed by atoms with van der Waals surface area (Å²) in [4.78, 5) is 13.6. The Hall–Kier alpha value is -2.04. The van der Waals surface area contributed by atoms with Crippen LogP contribution < -0.4 is 4.74 Å². The highest BCUT2D eigenvalue weighted by atomic mass is 35.5. The zero-order chi connectivity index (χ0) is 17.8. The Bertz CT molecular complexity index is 724. The number of carboxylic acid groups (broad SMARTS) is 1. The number of halogens is 1. The topological polar surface area (TPSA) is 49.8 Å². The van der Waals surface area contributed by atoms with E-state index in [2.05, 4.69) is 17.0 Å². The van der Waals surface area contributed by atoms with Crippen molar-refractivity contribution in [1.82, 2.24) is 4.90 Å². The summed E-state index contributed by atoms with van der Waals surface area (Å²) in [6.45, 7) is 1.47. The minimum absolute atomic E-state index is 0.00866. The zero-order valence-electron chi connectivity index (χ0n) is 14.2. The molecule has 1 atom stereocenters. The third kappa shape index (κ3) is 3.97. The fourth-order valence-electron chi connectivity index (χ4n) is 3.47. The maximum atomic E-state index is 11.2. The number of hydrogen-bond donors (Lipinski definition) is 1. The third-order valence-electron chi connectivity index (χ3n) is 4.88.